The second-order valence-electron chi connectivity index (χ2n) is 3.71. The first-order valence-corrected chi connectivity index (χ1v) is 5.19. The average molecular weight is 182 g/mol. The number of allylic oxidation sites excluding steroid dienone is 1. The summed E-state index contributed by atoms with van der Waals surface area (Å²) in [6.45, 7) is 1.99. The number of rotatable bonds is 3. The first-order valence-electron chi connectivity index (χ1n) is 5.19. The predicted octanol–water partition coefficient (Wildman–Crippen LogP) is 2.99. The molecule has 1 fully saturated rings. The van der Waals surface area contributed by atoms with Gasteiger partial charge < -0.3 is 5.11 Å². The third-order valence-corrected chi connectivity index (χ3v) is 2.72. The maximum absolute atomic E-state index is 10.9. The van der Waals surface area contributed by atoms with E-state index in [2.05, 4.69) is 0 Å². The van der Waals surface area contributed by atoms with E-state index < -0.39 is 5.97 Å². The Bertz CT molecular complexity index is 200. The smallest absolute Gasteiger partial charge is 0.331 e. The Morgan fingerprint density at radius 2 is 2.00 bits per heavy atom. The number of hydrogen-bond acceptors (Lipinski definition) is 1. The van der Waals surface area contributed by atoms with E-state index in [-0.39, 0.29) is 0 Å². The number of carboxylic acids is 1. The molecule has 1 aliphatic carbocycles. The zero-order chi connectivity index (χ0) is 9.68. The van der Waals surface area contributed by atoms with E-state index in [1.807, 2.05) is 13.0 Å². The molecule has 0 aromatic rings. The Balaban J connectivity index is 2.63. The Morgan fingerprint density at radius 1 is 1.38 bits per heavy atom. The van der Waals surface area contributed by atoms with Crippen molar-refractivity contribution in [3.63, 3.8) is 0 Å². The Labute approximate surface area is 79.6 Å². The van der Waals surface area contributed by atoms with Gasteiger partial charge in [-0.15, -0.1) is 0 Å². The van der Waals surface area contributed by atoms with E-state index in [1.165, 1.54) is 19.3 Å². The molecule has 0 bridgehead atoms. The van der Waals surface area contributed by atoms with Crippen molar-refractivity contribution in [2.75, 3.05) is 0 Å². The van der Waals surface area contributed by atoms with Crippen LogP contribution in [0.25, 0.3) is 0 Å². The Morgan fingerprint density at radius 3 is 2.46 bits per heavy atom. The predicted molar refractivity (Wildman–Crippen MR) is 52.6 cm³/mol. The fraction of sp³-hybridized carbons (Fsp3) is 0.727. The molecule has 2 nitrogen and oxygen atoms in total. The maximum atomic E-state index is 10.9. The van der Waals surface area contributed by atoms with Gasteiger partial charge in [0, 0.05) is 5.57 Å². The lowest BCUT2D eigenvalue weighted by atomic mass is 9.83. The molecular weight excluding hydrogens is 164 g/mol. The molecule has 0 radical (unpaired) electrons. The summed E-state index contributed by atoms with van der Waals surface area (Å²) in [4.78, 5) is 10.9. The third-order valence-electron chi connectivity index (χ3n) is 2.72. The highest BCUT2D eigenvalue weighted by Gasteiger charge is 2.21. The van der Waals surface area contributed by atoms with Crippen LogP contribution in [0, 0.1) is 5.92 Å². The minimum absolute atomic E-state index is 0.325. The van der Waals surface area contributed by atoms with Gasteiger partial charge in [0.15, 0.2) is 0 Å². The van der Waals surface area contributed by atoms with E-state index in [0.29, 0.717) is 11.5 Å². The van der Waals surface area contributed by atoms with Crippen molar-refractivity contribution in [3.05, 3.63) is 11.6 Å². The van der Waals surface area contributed by atoms with Crippen molar-refractivity contribution in [2.24, 2.45) is 5.92 Å². The molecule has 0 unspecified atom stereocenters. The molecule has 1 rings (SSSR count). The van der Waals surface area contributed by atoms with Crippen molar-refractivity contribution in [3.8, 4) is 0 Å². The van der Waals surface area contributed by atoms with E-state index in [0.717, 1.165) is 19.3 Å². The summed E-state index contributed by atoms with van der Waals surface area (Å²) in [6, 6.07) is 0. The van der Waals surface area contributed by atoms with Gasteiger partial charge in [-0.05, 0) is 25.2 Å². The van der Waals surface area contributed by atoms with Gasteiger partial charge in [0.25, 0.3) is 0 Å². The Hall–Kier alpha value is -0.790. The van der Waals surface area contributed by atoms with Gasteiger partial charge in [0.1, 0.15) is 0 Å². The molecule has 1 aliphatic rings. The summed E-state index contributed by atoms with van der Waals surface area (Å²) in [5, 5.41) is 8.99. The molecule has 1 saturated carbocycles. The van der Waals surface area contributed by atoms with Gasteiger partial charge in [-0.2, -0.15) is 0 Å². The fourth-order valence-corrected chi connectivity index (χ4v) is 2.06. The quantitative estimate of drug-likeness (QED) is 0.681. The molecule has 0 aromatic carbocycles. The zero-order valence-corrected chi connectivity index (χ0v) is 8.25. The lowest BCUT2D eigenvalue weighted by Gasteiger charge is -2.22. The van der Waals surface area contributed by atoms with Crippen LogP contribution in [0.4, 0.5) is 0 Å². The number of carbonyl (C=O) groups is 1. The number of hydrogen-bond donors (Lipinski definition) is 1. The van der Waals surface area contributed by atoms with Crippen molar-refractivity contribution in [1.29, 1.82) is 0 Å². The standard InChI is InChI=1S/C11H18O2/c1-2-6-10(11(12)13)9-7-4-3-5-8-9/h6,9H,2-5,7-8H2,1H3,(H,12,13). The van der Waals surface area contributed by atoms with Crippen LogP contribution in [0.15, 0.2) is 11.6 Å². The van der Waals surface area contributed by atoms with Gasteiger partial charge in [0.2, 0.25) is 0 Å². The highest BCUT2D eigenvalue weighted by molar-refractivity contribution is 5.87. The van der Waals surface area contributed by atoms with Crippen LogP contribution in [0.3, 0.4) is 0 Å². The van der Waals surface area contributed by atoms with Crippen LogP contribution < -0.4 is 0 Å². The monoisotopic (exact) mass is 182 g/mol. The number of carboxylic acid groups (broad SMARTS) is 1. The molecule has 74 valence electrons. The van der Waals surface area contributed by atoms with Gasteiger partial charge in [0.05, 0.1) is 0 Å². The lowest BCUT2D eigenvalue weighted by molar-refractivity contribution is -0.133. The van der Waals surface area contributed by atoms with Gasteiger partial charge in [-0.25, -0.2) is 4.79 Å². The summed E-state index contributed by atoms with van der Waals surface area (Å²) >= 11 is 0. The maximum Gasteiger partial charge on any atom is 0.331 e. The molecule has 1 N–H and O–H groups in total. The van der Waals surface area contributed by atoms with Crippen LogP contribution in [0.5, 0.6) is 0 Å². The molecular formula is C11H18O2. The summed E-state index contributed by atoms with van der Waals surface area (Å²) < 4.78 is 0. The van der Waals surface area contributed by atoms with Crippen LogP contribution >= 0.6 is 0 Å². The Kier molecular flexibility index (Phi) is 4.00. The molecule has 0 aliphatic heterocycles. The highest BCUT2D eigenvalue weighted by Crippen LogP contribution is 2.29. The van der Waals surface area contributed by atoms with E-state index in [4.69, 9.17) is 5.11 Å². The summed E-state index contributed by atoms with van der Waals surface area (Å²) in [5.74, 6) is -0.389. The van der Waals surface area contributed by atoms with Crippen LogP contribution in [-0.4, -0.2) is 11.1 Å². The first-order chi connectivity index (χ1) is 6.25. The molecule has 13 heavy (non-hydrogen) atoms. The van der Waals surface area contributed by atoms with E-state index >= 15 is 0 Å². The van der Waals surface area contributed by atoms with Gasteiger partial charge >= 0.3 is 5.97 Å². The van der Waals surface area contributed by atoms with E-state index in [9.17, 15) is 4.79 Å². The zero-order valence-electron chi connectivity index (χ0n) is 8.25. The van der Waals surface area contributed by atoms with Crippen molar-refractivity contribution in [2.45, 2.75) is 45.4 Å². The molecule has 0 amide bonds. The average Bonchev–Trinajstić information content (AvgIpc) is 2.15. The SMILES string of the molecule is CCC=C(C(=O)O)C1CCCCC1. The second kappa shape index (κ2) is 5.05. The highest BCUT2D eigenvalue weighted by atomic mass is 16.4. The minimum Gasteiger partial charge on any atom is -0.478 e. The lowest BCUT2D eigenvalue weighted by Crippen LogP contribution is -2.15. The normalized spacial score (nSPS) is 20.2. The fourth-order valence-electron chi connectivity index (χ4n) is 2.06. The first kappa shape index (κ1) is 10.3. The third kappa shape index (κ3) is 2.87. The second-order valence-corrected chi connectivity index (χ2v) is 3.71. The van der Waals surface area contributed by atoms with Crippen LogP contribution in [-0.2, 0) is 4.79 Å². The minimum atomic E-state index is -0.714. The van der Waals surface area contributed by atoms with Gasteiger partial charge in [-0.3, -0.25) is 0 Å². The topological polar surface area (TPSA) is 37.3 Å². The largest absolute Gasteiger partial charge is 0.478 e. The van der Waals surface area contributed by atoms with Crippen molar-refractivity contribution < 1.29 is 9.90 Å². The molecule has 0 spiro atoms. The van der Waals surface area contributed by atoms with Crippen molar-refractivity contribution in [1.82, 2.24) is 0 Å². The molecule has 0 aromatic heterocycles. The molecule has 2 heteroatoms. The van der Waals surface area contributed by atoms with Crippen LogP contribution in [0.2, 0.25) is 0 Å². The molecule has 0 atom stereocenters. The van der Waals surface area contributed by atoms with Gasteiger partial charge in [-0.1, -0.05) is 32.3 Å². The van der Waals surface area contributed by atoms with Crippen molar-refractivity contribution >= 4 is 5.97 Å². The summed E-state index contributed by atoms with van der Waals surface area (Å²) in [7, 11) is 0. The molecule has 0 saturated heterocycles. The van der Waals surface area contributed by atoms with E-state index in [1.54, 1.807) is 0 Å². The number of aliphatic carboxylic acids is 1. The van der Waals surface area contributed by atoms with Crippen LogP contribution in [0.1, 0.15) is 45.4 Å². The molecule has 0 heterocycles. The summed E-state index contributed by atoms with van der Waals surface area (Å²) in [6.07, 6.45) is 8.50. The summed E-state index contributed by atoms with van der Waals surface area (Å²) in [5.41, 5.74) is 0.655.